The van der Waals surface area contributed by atoms with E-state index in [4.69, 9.17) is 17.2 Å². The first-order valence-electron chi connectivity index (χ1n) is 4.29. The molecule has 0 aliphatic carbocycles. The van der Waals surface area contributed by atoms with Gasteiger partial charge in [0.15, 0.2) is 0 Å². The molecule has 0 unspecified atom stereocenters. The Kier molecular flexibility index (Phi) is 5.35. The molecule has 0 saturated carbocycles. The molecule has 0 bridgehead atoms. The fourth-order valence-corrected chi connectivity index (χ4v) is 1.26. The highest BCUT2D eigenvalue weighted by molar-refractivity contribution is 5.85. The number of nitrogens with two attached hydrogens (primary N) is 3. The first-order chi connectivity index (χ1) is 6.56. The Labute approximate surface area is 93.7 Å². The van der Waals surface area contributed by atoms with Crippen LogP contribution in [0.2, 0.25) is 0 Å². The van der Waals surface area contributed by atoms with Gasteiger partial charge in [0.05, 0.1) is 5.69 Å². The van der Waals surface area contributed by atoms with Crippen molar-refractivity contribution < 1.29 is 9.50 Å². The second-order valence-corrected chi connectivity index (χ2v) is 3.12. The number of hydrogen-bond donors (Lipinski definition) is 4. The molecule has 1 atom stereocenters. The van der Waals surface area contributed by atoms with Crippen LogP contribution in [-0.4, -0.2) is 11.7 Å². The minimum absolute atomic E-state index is 0. The molecule has 0 aliphatic heterocycles. The van der Waals surface area contributed by atoms with Crippen LogP contribution in [0, 0.1) is 5.82 Å². The second kappa shape index (κ2) is 5.75. The van der Waals surface area contributed by atoms with E-state index in [1.54, 1.807) is 0 Å². The summed E-state index contributed by atoms with van der Waals surface area (Å²) in [6, 6.07) is 1.73. The van der Waals surface area contributed by atoms with Crippen molar-refractivity contribution in [3.05, 3.63) is 23.5 Å². The van der Waals surface area contributed by atoms with Crippen LogP contribution in [0.5, 0.6) is 5.75 Å². The second-order valence-electron chi connectivity index (χ2n) is 3.12. The van der Waals surface area contributed by atoms with Crippen LogP contribution in [0.4, 0.5) is 10.1 Å². The number of nitrogen functional groups attached to an aromatic ring is 1. The predicted molar refractivity (Wildman–Crippen MR) is 60.3 cm³/mol. The van der Waals surface area contributed by atoms with E-state index in [9.17, 15) is 9.50 Å². The van der Waals surface area contributed by atoms with Crippen LogP contribution in [-0.2, 0) is 0 Å². The van der Waals surface area contributed by atoms with Gasteiger partial charge in [-0.25, -0.2) is 4.39 Å². The first-order valence-corrected chi connectivity index (χ1v) is 4.29. The van der Waals surface area contributed by atoms with E-state index in [0.29, 0.717) is 18.5 Å². The molecule has 0 fully saturated rings. The first kappa shape index (κ1) is 14.0. The third kappa shape index (κ3) is 3.23. The molecule has 1 aromatic rings. The molecule has 86 valence electrons. The summed E-state index contributed by atoms with van der Waals surface area (Å²) in [5, 5.41) is 9.51. The van der Waals surface area contributed by atoms with Crippen LogP contribution >= 0.6 is 12.4 Å². The van der Waals surface area contributed by atoms with Gasteiger partial charge in [0.25, 0.3) is 0 Å². The number of rotatable bonds is 3. The highest BCUT2D eigenvalue weighted by Gasteiger charge is 2.13. The van der Waals surface area contributed by atoms with Crippen LogP contribution < -0.4 is 17.2 Å². The number of phenolic OH excluding ortho intramolecular Hbond substituents is 1. The minimum atomic E-state index is -0.511. The molecule has 0 heterocycles. The number of halogens is 2. The molecule has 7 N–H and O–H groups in total. The zero-order chi connectivity index (χ0) is 10.7. The van der Waals surface area contributed by atoms with Gasteiger partial charge in [-0.05, 0) is 19.0 Å². The molecule has 0 aromatic heterocycles. The summed E-state index contributed by atoms with van der Waals surface area (Å²) in [5.41, 5.74) is 16.7. The number of phenols is 1. The maximum absolute atomic E-state index is 12.9. The smallest absolute Gasteiger partial charge is 0.143 e. The molecule has 0 aliphatic rings. The number of aromatic hydroxyl groups is 1. The Morgan fingerprint density at radius 1 is 1.40 bits per heavy atom. The zero-order valence-corrected chi connectivity index (χ0v) is 8.93. The Balaban J connectivity index is 0.00000196. The van der Waals surface area contributed by atoms with Crippen molar-refractivity contribution in [2.45, 2.75) is 12.5 Å². The quantitative estimate of drug-likeness (QED) is 0.462. The van der Waals surface area contributed by atoms with E-state index >= 15 is 0 Å². The van der Waals surface area contributed by atoms with Gasteiger partial charge in [0.1, 0.15) is 11.6 Å². The Morgan fingerprint density at radius 2 is 2.00 bits per heavy atom. The van der Waals surface area contributed by atoms with Crippen LogP contribution in [0.1, 0.15) is 18.0 Å². The molecule has 1 aromatic carbocycles. The lowest BCUT2D eigenvalue weighted by Gasteiger charge is -2.13. The van der Waals surface area contributed by atoms with Gasteiger partial charge in [-0.2, -0.15) is 0 Å². The highest BCUT2D eigenvalue weighted by Crippen LogP contribution is 2.31. The standard InChI is InChI=1S/C9H14FN3O.ClH/c10-5-3-6(7(12)1-2-11)9(14)8(13)4-5;/h3-4,7,14H,1-2,11-13H2;1H/t7-;/m0./s1. The summed E-state index contributed by atoms with van der Waals surface area (Å²) in [5.74, 6) is -0.671. The third-order valence-electron chi connectivity index (χ3n) is 2.01. The Bertz CT molecular complexity index is 335. The lowest BCUT2D eigenvalue weighted by atomic mass is 10.0. The van der Waals surface area contributed by atoms with E-state index in [-0.39, 0.29) is 23.8 Å². The van der Waals surface area contributed by atoms with Crippen molar-refractivity contribution in [2.75, 3.05) is 12.3 Å². The van der Waals surface area contributed by atoms with Crippen LogP contribution in [0.15, 0.2) is 12.1 Å². The molecule has 0 radical (unpaired) electrons. The summed E-state index contributed by atoms with van der Waals surface area (Å²) in [7, 11) is 0. The van der Waals surface area contributed by atoms with E-state index in [1.807, 2.05) is 0 Å². The predicted octanol–water partition coefficient (Wildman–Crippen LogP) is 0.884. The SMILES string of the molecule is Cl.NCC[C@H](N)c1cc(F)cc(N)c1O. The molecular formula is C9H15ClFN3O. The van der Waals surface area contributed by atoms with Gasteiger partial charge in [-0.1, -0.05) is 0 Å². The maximum Gasteiger partial charge on any atom is 0.143 e. The summed E-state index contributed by atoms with van der Waals surface area (Å²) in [6.45, 7) is 0.372. The summed E-state index contributed by atoms with van der Waals surface area (Å²) >= 11 is 0. The van der Waals surface area contributed by atoms with E-state index in [0.717, 1.165) is 6.07 Å². The monoisotopic (exact) mass is 235 g/mol. The van der Waals surface area contributed by atoms with Gasteiger partial charge in [-0.3, -0.25) is 0 Å². The van der Waals surface area contributed by atoms with Gasteiger partial charge < -0.3 is 22.3 Å². The average molecular weight is 236 g/mol. The molecule has 0 spiro atoms. The van der Waals surface area contributed by atoms with E-state index < -0.39 is 11.9 Å². The highest BCUT2D eigenvalue weighted by atomic mass is 35.5. The number of hydrogen-bond acceptors (Lipinski definition) is 4. The van der Waals surface area contributed by atoms with Crippen LogP contribution in [0.3, 0.4) is 0 Å². The van der Waals surface area contributed by atoms with Crippen molar-refractivity contribution in [2.24, 2.45) is 11.5 Å². The summed E-state index contributed by atoms with van der Waals surface area (Å²) in [4.78, 5) is 0. The lowest BCUT2D eigenvalue weighted by Crippen LogP contribution is -2.16. The summed E-state index contributed by atoms with van der Waals surface area (Å²) in [6.07, 6.45) is 0.469. The molecule has 0 amide bonds. The summed E-state index contributed by atoms with van der Waals surface area (Å²) < 4.78 is 12.9. The fourth-order valence-electron chi connectivity index (χ4n) is 1.26. The fraction of sp³-hybridized carbons (Fsp3) is 0.333. The van der Waals surface area contributed by atoms with Crippen LogP contribution in [0.25, 0.3) is 0 Å². The Morgan fingerprint density at radius 3 is 2.53 bits per heavy atom. The lowest BCUT2D eigenvalue weighted by molar-refractivity contribution is 0.459. The van der Waals surface area contributed by atoms with Crippen molar-refractivity contribution in [3.8, 4) is 5.75 Å². The molecular weight excluding hydrogens is 221 g/mol. The average Bonchev–Trinajstić information content (AvgIpc) is 2.11. The zero-order valence-electron chi connectivity index (χ0n) is 8.11. The van der Waals surface area contributed by atoms with Gasteiger partial charge in [0, 0.05) is 17.7 Å². The van der Waals surface area contributed by atoms with Crippen molar-refractivity contribution in [3.63, 3.8) is 0 Å². The van der Waals surface area contributed by atoms with Gasteiger partial charge in [-0.15, -0.1) is 12.4 Å². The largest absolute Gasteiger partial charge is 0.505 e. The van der Waals surface area contributed by atoms with E-state index in [1.165, 1.54) is 6.07 Å². The Hall–Kier alpha value is -1.04. The topological polar surface area (TPSA) is 98.3 Å². The molecule has 0 saturated heterocycles. The molecule has 15 heavy (non-hydrogen) atoms. The van der Waals surface area contributed by atoms with Gasteiger partial charge >= 0.3 is 0 Å². The van der Waals surface area contributed by atoms with E-state index in [2.05, 4.69) is 0 Å². The molecule has 6 heteroatoms. The maximum atomic E-state index is 12.9. The van der Waals surface area contributed by atoms with Crippen molar-refractivity contribution in [1.82, 2.24) is 0 Å². The normalized spacial score (nSPS) is 11.9. The third-order valence-corrected chi connectivity index (χ3v) is 2.01. The van der Waals surface area contributed by atoms with Gasteiger partial charge in [0.2, 0.25) is 0 Å². The minimum Gasteiger partial charge on any atom is -0.505 e. The number of benzene rings is 1. The number of anilines is 1. The molecule has 4 nitrogen and oxygen atoms in total. The molecule has 1 rings (SSSR count). The van der Waals surface area contributed by atoms with Crippen molar-refractivity contribution >= 4 is 18.1 Å². The van der Waals surface area contributed by atoms with Crippen molar-refractivity contribution in [1.29, 1.82) is 0 Å².